The summed E-state index contributed by atoms with van der Waals surface area (Å²) < 4.78 is 5.83. The van der Waals surface area contributed by atoms with E-state index in [4.69, 9.17) is 4.74 Å². The molecule has 4 rings (SSSR count). The average molecular weight is 313 g/mol. The zero-order chi connectivity index (χ0) is 15.9. The predicted molar refractivity (Wildman–Crippen MR) is 92.8 cm³/mol. The summed E-state index contributed by atoms with van der Waals surface area (Å²) >= 11 is 0. The Bertz CT molecular complexity index is 606. The molecule has 3 aliphatic rings. The van der Waals surface area contributed by atoms with Crippen molar-refractivity contribution < 1.29 is 4.74 Å². The van der Waals surface area contributed by atoms with Crippen molar-refractivity contribution in [2.75, 3.05) is 26.7 Å². The van der Waals surface area contributed by atoms with Gasteiger partial charge >= 0.3 is 0 Å². The van der Waals surface area contributed by atoms with E-state index in [0.717, 1.165) is 56.3 Å². The monoisotopic (exact) mass is 313 g/mol. The fourth-order valence-electron chi connectivity index (χ4n) is 4.44. The fourth-order valence-corrected chi connectivity index (χ4v) is 4.44. The van der Waals surface area contributed by atoms with E-state index >= 15 is 0 Å². The van der Waals surface area contributed by atoms with Gasteiger partial charge < -0.3 is 15.4 Å². The van der Waals surface area contributed by atoms with E-state index in [-0.39, 0.29) is 5.60 Å². The van der Waals surface area contributed by atoms with Gasteiger partial charge in [-0.15, -0.1) is 0 Å². The van der Waals surface area contributed by atoms with Crippen molar-refractivity contribution >= 4 is 5.96 Å². The van der Waals surface area contributed by atoms with Gasteiger partial charge in [0, 0.05) is 26.7 Å². The molecule has 4 nitrogen and oxygen atoms in total. The van der Waals surface area contributed by atoms with Crippen molar-refractivity contribution in [2.45, 2.75) is 37.7 Å². The zero-order valence-corrected chi connectivity index (χ0v) is 14.1. The number of nitrogens with zero attached hydrogens (tertiary/aromatic N) is 1. The molecule has 2 N–H and O–H groups in total. The summed E-state index contributed by atoms with van der Waals surface area (Å²) in [6.45, 7) is 4.91. The highest BCUT2D eigenvalue weighted by Crippen LogP contribution is 2.60. The number of hydrogen-bond donors (Lipinski definition) is 2. The van der Waals surface area contributed by atoms with Gasteiger partial charge in [0.1, 0.15) is 0 Å². The maximum Gasteiger partial charge on any atom is 0.191 e. The highest BCUT2D eigenvalue weighted by molar-refractivity contribution is 5.79. The van der Waals surface area contributed by atoms with Crippen LogP contribution in [0, 0.1) is 11.8 Å². The van der Waals surface area contributed by atoms with Gasteiger partial charge in [-0.3, -0.25) is 4.99 Å². The molecule has 1 saturated heterocycles. The molecule has 0 aromatic heterocycles. The third-order valence-corrected chi connectivity index (χ3v) is 5.86. The quantitative estimate of drug-likeness (QED) is 0.662. The van der Waals surface area contributed by atoms with Crippen LogP contribution in [0.25, 0.3) is 0 Å². The first-order valence-corrected chi connectivity index (χ1v) is 8.86. The average Bonchev–Trinajstić information content (AvgIpc) is 2.90. The summed E-state index contributed by atoms with van der Waals surface area (Å²) in [7, 11) is 1.84. The van der Waals surface area contributed by atoms with Gasteiger partial charge in [0.05, 0.1) is 5.60 Å². The van der Waals surface area contributed by atoms with Crippen LogP contribution in [0.4, 0.5) is 0 Å². The lowest BCUT2D eigenvalue weighted by Crippen LogP contribution is -2.46. The molecule has 1 aromatic rings. The SMILES string of the molecule is CN=C(NCC1C2Cc3ccccc3C12)NCC1(C)CCCO1. The van der Waals surface area contributed by atoms with Crippen LogP contribution >= 0.6 is 0 Å². The Morgan fingerprint density at radius 2 is 2.22 bits per heavy atom. The molecule has 4 heteroatoms. The van der Waals surface area contributed by atoms with Gasteiger partial charge in [0.2, 0.25) is 0 Å². The second-order valence-electron chi connectivity index (χ2n) is 7.47. The van der Waals surface area contributed by atoms with Crippen LogP contribution in [-0.4, -0.2) is 38.3 Å². The summed E-state index contributed by atoms with van der Waals surface area (Å²) in [4.78, 5) is 4.36. The molecule has 4 atom stereocenters. The van der Waals surface area contributed by atoms with Crippen molar-refractivity contribution in [2.24, 2.45) is 16.8 Å². The lowest BCUT2D eigenvalue weighted by molar-refractivity contribution is 0.0243. The van der Waals surface area contributed by atoms with Crippen molar-refractivity contribution in [3.05, 3.63) is 35.4 Å². The zero-order valence-electron chi connectivity index (χ0n) is 14.1. The summed E-state index contributed by atoms with van der Waals surface area (Å²) in [6, 6.07) is 8.93. The molecule has 0 bridgehead atoms. The summed E-state index contributed by atoms with van der Waals surface area (Å²) in [5.74, 6) is 3.28. The number of ether oxygens (including phenoxy) is 1. The largest absolute Gasteiger partial charge is 0.373 e. The third-order valence-electron chi connectivity index (χ3n) is 5.86. The Labute approximate surface area is 138 Å². The Kier molecular flexibility index (Phi) is 3.80. The molecule has 4 unspecified atom stereocenters. The smallest absolute Gasteiger partial charge is 0.191 e. The van der Waals surface area contributed by atoms with Crippen LogP contribution < -0.4 is 10.6 Å². The molecule has 1 aromatic carbocycles. The maximum absolute atomic E-state index is 5.83. The van der Waals surface area contributed by atoms with Crippen LogP contribution in [0.2, 0.25) is 0 Å². The molecule has 0 amide bonds. The first kappa shape index (κ1) is 15.0. The first-order valence-electron chi connectivity index (χ1n) is 8.86. The van der Waals surface area contributed by atoms with Gasteiger partial charge in [-0.2, -0.15) is 0 Å². The summed E-state index contributed by atoms with van der Waals surface area (Å²) in [5.41, 5.74) is 3.11. The fraction of sp³-hybridized carbons (Fsp3) is 0.632. The van der Waals surface area contributed by atoms with Crippen LogP contribution in [0.15, 0.2) is 29.3 Å². The molecule has 1 aliphatic heterocycles. The van der Waals surface area contributed by atoms with Crippen molar-refractivity contribution in [1.29, 1.82) is 0 Å². The molecule has 2 aliphatic carbocycles. The van der Waals surface area contributed by atoms with Crippen LogP contribution in [0.5, 0.6) is 0 Å². The molecular weight excluding hydrogens is 286 g/mol. The minimum absolute atomic E-state index is 0.0351. The van der Waals surface area contributed by atoms with E-state index in [0.29, 0.717) is 0 Å². The number of hydrogen-bond acceptors (Lipinski definition) is 2. The minimum Gasteiger partial charge on any atom is -0.373 e. The Morgan fingerprint density at radius 3 is 3.00 bits per heavy atom. The molecule has 124 valence electrons. The van der Waals surface area contributed by atoms with Gasteiger partial charge in [0.25, 0.3) is 0 Å². The number of rotatable bonds is 4. The number of nitrogens with one attached hydrogen (secondary N) is 2. The van der Waals surface area contributed by atoms with Crippen molar-refractivity contribution in [3.8, 4) is 0 Å². The lowest BCUT2D eigenvalue weighted by atomic mass is 10.0. The standard InChI is InChI=1S/C19H27N3O/c1-19(8-5-9-23-19)12-22-18(20-2)21-11-16-15-10-13-6-3-4-7-14(13)17(15)16/h3-4,6-7,15-17H,5,8-12H2,1-2H3,(H2,20,21,22). The molecule has 0 spiro atoms. The molecule has 23 heavy (non-hydrogen) atoms. The van der Waals surface area contributed by atoms with Crippen LogP contribution in [0.1, 0.15) is 36.8 Å². The second kappa shape index (κ2) is 5.82. The van der Waals surface area contributed by atoms with Crippen molar-refractivity contribution in [3.63, 3.8) is 0 Å². The molecule has 0 radical (unpaired) electrons. The lowest BCUT2D eigenvalue weighted by Gasteiger charge is -2.24. The minimum atomic E-state index is -0.0351. The first-order chi connectivity index (χ1) is 11.2. The second-order valence-corrected chi connectivity index (χ2v) is 7.47. The van der Waals surface area contributed by atoms with Crippen molar-refractivity contribution in [1.82, 2.24) is 10.6 Å². The number of aliphatic imine (C=N–C) groups is 1. The molecule has 2 fully saturated rings. The highest BCUT2D eigenvalue weighted by Gasteiger charge is 2.54. The summed E-state index contributed by atoms with van der Waals surface area (Å²) in [6.07, 6.45) is 3.54. The van der Waals surface area contributed by atoms with Crippen LogP contribution in [-0.2, 0) is 11.2 Å². The highest BCUT2D eigenvalue weighted by atomic mass is 16.5. The van der Waals surface area contributed by atoms with E-state index < -0.39 is 0 Å². The number of guanidine groups is 1. The van der Waals surface area contributed by atoms with Gasteiger partial charge in [-0.05, 0) is 55.1 Å². The van der Waals surface area contributed by atoms with Gasteiger partial charge in [-0.1, -0.05) is 24.3 Å². The van der Waals surface area contributed by atoms with E-state index in [9.17, 15) is 0 Å². The molecule has 1 heterocycles. The Hall–Kier alpha value is -1.55. The maximum atomic E-state index is 5.83. The third kappa shape index (κ3) is 2.85. The Morgan fingerprint density at radius 1 is 1.35 bits per heavy atom. The molecular formula is C19H27N3O. The van der Waals surface area contributed by atoms with Crippen LogP contribution in [0.3, 0.4) is 0 Å². The van der Waals surface area contributed by atoms with E-state index in [1.807, 2.05) is 7.05 Å². The Balaban J connectivity index is 1.27. The summed E-state index contributed by atoms with van der Waals surface area (Å²) in [5, 5.41) is 6.95. The predicted octanol–water partition coefficient (Wildman–Crippen LogP) is 2.31. The topological polar surface area (TPSA) is 45.7 Å². The van der Waals surface area contributed by atoms with Gasteiger partial charge in [-0.25, -0.2) is 0 Å². The normalized spacial score (nSPS) is 34.9. The van der Waals surface area contributed by atoms with E-state index in [1.54, 1.807) is 11.1 Å². The number of benzene rings is 1. The van der Waals surface area contributed by atoms with E-state index in [2.05, 4.69) is 46.8 Å². The molecule has 1 saturated carbocycles. The number of fused-ring (bicyclic) bond motifs is 3. The van der Waals surface area contributed by atoms with Gasteiger partial charge in [0.15, 0.2) is 5.96 Å². The van der Waals surface area contributed by atoms with E-state index in [1.165, 1.54) is 6.42 Å².